The summed E-state index contributed by atoms with van der Waals surface area (Å²) in [6.07, 6.45) is 2.76. The number of amides is 3. The first-order valence-corrected chi connectivity index (χ1v) is 9.47. The van der Waals surface area contributed by atoms with Gasteiger partial charge in [0.05, 0.1) is 14.2 Å². The van der Waals surface area contributed by atoms with Gasteiger partial charge >= 0.3 is 6.03 Å². The average Bonchev–Trinajstić information content (AvgIpc) is 3.11. The third-order valence-corrected chi connectivity index (χ3v) is 4.15. The maximum absolute atomic E-state index is 12.8. The number of carbonyl (C=O) groups excluding carboxylic acids is 2. The Balaban J connectivity index is 2.07. The Bertz CT molecular complexity index is 799. The lowest BCUT2D eigenvalue weighted by Gasteiger charge is -2.22. The zero-order valence-corrected chi connectivity index (χ0v) is 17.3. The van der Waals surface area contributed by atoms with Crippen molar-refractivity contribution in [3.05, 3.63) is 30.0 Å². The number of methoxy groups -OCH3 is 2. The van der Waals surface area contributed by atoms with Gasteiger partial charge in [-0.2, -0.15) is 0 Å². The molecule has 0 fully saturated rings. The van der Waals surface area contributed by atoms with Crippen molar-refractivity contribution in [1.29, 1.82) is 0 Å². The van der Waals surface area contributed by atoms with Crippen LogP contribution in [0.1, 0.15) is 31.9 Å². The zero-order valence-electron chi connectivity index (χ0n) is 17.3. The minimum absolute atomic E-state index is 0.109. The highest BCUT2D eigenvalue weighted by atomic mass is 16.5. The van der Waals surface area contributed by atoms with E-state index in [1.54, 1.807) is 31.2 Å². The second-order valence-corrected chi connectivity index (χ2v) is 6.53. The van der Waals surface area contributed by atoms with Crippen molar-refractivity contribution in [2.24, 2.45) is 0 Å². The third kappa shape index (κ3) is 7.02. The Labute approximate surface area is 170 Å². The number of urea groups is 1. The SMILES string of the molecule is CCCCCN(CC(=O)Nc1cc(C)on1)C(=O)Nc1cc(OC)cc(OC)c1. The molecule has 0 aliphatic rings. The Morgan fingerprint density at radius 3 is 2.31 bits per heavy atom. The maximum Gasteiger partial charge on any atom is 0.322 e. The second-order valence-electron chi connectivity index (χ2n) is 6.53. The number of anilines is 2. The molecule has 0 unspecified atom stereocenters. The van der Waals surface area contributed by atoms with Crippen LogP contribution in [0.5, 0.6) is 11.5 Å². The Morgan fingerprint density at radius 2 is 1.76 bits per heavy atom. The van der Waals surface area contributed by atoms with Crippen LogP contribution >= 0.6 is 0 Å². The van der Waals surface area contributed by atoms with E-state index in [2.05, 4.69) is 22.7 Å². The van der Waals surface area contributed by atoms with E-state index in [4.69, 9.17) is 14.0 Å². The molecule has 3 amide bonds. The van der Waals surface area contributed by atoms with Gasteiger partial charge in [-0.3, -0.25) is 4.79 Å². The van der Waals surface area contributed by atoms with Gasteiger partial charge in [-0.05, 0) is 13.3 Å². The number of hydrogen-bond donors (Lipinski definition) is 2. The lowest BCUT2D eigenvalue weighted by molar-refractivity contribution is -0.116. The molecule has 1 aromatic heterocycles. The molecule has 2 rings (SSSR count). The minimum Gasteiger partial charge on any atom is -0.497 e. The molecule has 0 saturated carbocycles. The van der Waals surface area contributed by atoms with Gasteiger partial charge in [-0.25, -0.2) is 4.79 Å². The second kappa shape index (κ2) is 10.9. The quantitative estimate of drug-likeness (QED) is 0.586. The van der Waals surface area contributed by atoms with Crippen molar-refractivity contribution < 1.29 is 23.6 Å². The van der Waals surface area contributed by atoms with E-state index >= 15 is 0 Å². The minimum atomic E-state index is -0.386. The van der Waals surface area contributed by atoms with Crippen molar-refractivity contribution in [2.45, 2.75) is 33.1 Å². The summed E-state index contributed by atoms with van der Waals surface area (Å²) in [7, 11) is 3.07. The van der Waals surface area contributed by atoms with Crippen LogP contribution in [0.2, 0.25) is 0 Å². The number of benzene rings is 1. The number of aryl methyl sites for hydroxylation is 1. The Hall–Kier alpha value is -3.23. The summed E-state index contributed by atoms with van der Waals surface area (Å²) < 4.78 is 15.4. The Morgan fingerprint density at radius 1 is 1.07 bits per heavy atom. The summed E-state index contributed by atoms with van der Waals surface area (Å²) in [6, 6.07) is 6.30. The number of nitrogens with zero attached hydrogens (tertiary/aromatic N) is 2. The van der Waals surface area contributed by atoms with E-state index in [9.17, 15) is 9.59 Å². The van der Waals surface area contributed by atoms with E-state index in [1.807, 2.05) is 0 Å². The molecule has 29 heavy (non-hydrogen) atoms. The van der Waals surface area contributed by atoms with Crippen LogP contribution in [0, 0.1) is 6.92 Å². The van der Waals surface area contributed by atoms with Gasteiger partial charge in [0.25, 0.3) is 0 Å². The summed E-state index contributed by atoms with van der Waals surface area (Å²) in [6.45, 7) is 4.15. The molecule has 0 bridgehead atoms. The van der Waals surface area contributed by atoms with E-state index in [1.165, 1.54) is 19.1 Å². The molecule has 1 aromatic carbocycles. The molecular weight excluding hydrogens is 376 g/mol. The number of aromatic nitrogens is 1. The standard InChI is InChI=1S/C20H28N4O5/c1-5-6-7-8-24(13-19(25)22-18-9-14(2)29-23-18)20(26)21-15-10-16(27-3)12-17(11-15)28-4/h9-12H,5-8,13H2,1-4H3,(H,21,26)(H,22,23,25). The summed E-state index contributed by atoms with van der Waals surface area (Å²) in [5.74, 6) is 1.66. The van der Waals surface area contributed by atoms with Gasteiger partial charge < -0.3 is 29.5 Å². The van der Waals surface area contributed by atoms with Gasteiger partial charge in [-0.1, -0.05) is 24.9 Å². The number of rotatable bonds is 10. The van der Waals surface area contributed by atoms with Crippen LogP contribution in [-0.4, -0.2) is 49.3 Å². The fraction of sp³-hybridized carbons (Fsp3) is 0.450. The smallest absolute Gasteiger partial charge is 0.322 e. The molecule has 9 heteroatoms. The molecule has 158 valence electrons. The van der Waals surface area contributed by atoms with Crippen molar-refractivity contribution in [1.82, 2.24) is 10.1 Å². The van der Waals surface area contributed by atoms with Gasteiger partial charge in [0.1, 0.15) is 23.8 Å². The topological polar surface area (TPSA) is 106 Å². The number of carbonyl (C=O) groups is 2. The molecule has 2 N–H and O–H groups in total. The predicted octanol–water partition coefficient (Wildman–Crippen LogP) is 3.66. The lowest BCUT2D eigenvalue weighted by atomic mass is 10.2. The Kier molecular flexibility index (Phi) is 8.32. The van der Waals surface area contributed by atoms with Crippen LogP contribution in [0.15, 0.2) is 28.8 Å². The molecular formula is C20H28N4O5. The highest BCUT2D eigenvalue weighted by Crippen LogP contribution is 2.26. The maximum atomic E-state index is 12.8. The van der Waals surface area contributed by atoms with E-state index < -0.39 is 0 Å². The number of nitrogens with one attached hydrogen (secondary N) is 2. The average molecular weight is 404 g/mol. The molecule has 1 heterocycles. The van der Waals surface area contributed by atoms with Gasteiger partial charge in [-0.15, -0.1) is 0 Å². The third-order valence-electron chi connectivity index (χ3n) is 4.15. The van der Waals surface area contributed by atoms with E-state index in [-0.39, 0.29) is 18.5 Å². The highest BCUT2D eigenvalue weighted by molar-refractivity contribution is 5.96. The molecule has 0 atom stereocenters. The van der Waals surface area contributed by atoms with Gasteiger partial charge in [0, 0.05) is 36.5 Å². The molecule has 9 nitrogen and oxygen atoms in total. The van der Waals surface area contributed by atoms with Crippen molar-refractivity contribution in [2.75, 3.05) is 37.9 Å². The molecule has 0 radical (unpaired) electrons. The molecule has 0 aliphatic heterocycles. The van der Waals surface area contributed by atoms with Crippen LogP contribution < -0.4 is 20.1 Å². The number of ether oxygens (including phenoxy) is 2. The monoisotopic (exact) mass is 404 g/mol. The molecule has 0 spiro atoms. The fourth-order valence-electron chi connectivity index (χ4n) is 2.67. The van der Waals surface area contributed by atoms with E-state index in [0.29, 0.717) is 35.3 Å². The van der Waals surface area contributed by atoms with Crippen molar-refractivity contribution in [3.63, 3.8) is 0 Å². The summed E-state index contributed by atoms with van der Waals surface area (Å²) in [5, 5.41) is 9.17. The van der Waals surface area contributed by atoms with Gasteiger partial charge in [0.15, 0.2) is 5.82 Å². The first-order chi connectivity index (χ1) is 13.9. The molecule has 0 saturated heterocycles. The van der Waals surface area contributed by atoms with E-state index in [0.717, 1.165) is 19.3 Å². The summed E-state index contributed by atoms with van der Waals surface area (Å²) >= 11 is 0. The van der Waals surface area contributed by atoms with Gasteiger partial charge in [0.2, 0.25) is 5.91 Å². The highest BCUT2D eigenvalue weighted by Gasteiger charge is 2.18. The predicted molar refractivity (Wildman–Crippen MR) is 110 cm³/mol. The lowest BCUT2D eigenvalue weighted by Crippen LogP contribution is -2.41. The van der Waals surface area contributed by atoms with Crippen LogP contribution in [0.25, 0.3) is 0 Å². The first kappa shape index (κ1) is 22.1. The van der Waals surface area contributed by atoms with Crippen molar-refractivity contribution in [3.8, 4) is 11.5 Å². The zero-order chi connectivity index (χ0) is 21.2. The summed E-state index contributed by atoms with van der Waals surface area (Å²) in [5.41, 5.74) is 0.513. The number of unbranched alkanes of at least 4 members (excludes halogenated alkanes) is 2. The summed E-state index contributed by atoms with van der Waals surface area (Å²) in [4.78, 5) is 26.6. The molecule has 0 aliphatic carbocycles. The van der Waals surface area contributed by atoms with Crippen LogP contribution in [0.3, 0.4) is 0 Å². The van der Waals surface area contributed by atoms with Crippen LogP contribution in [-0.2, 0) is 4.79 Å². The normalized spacial score (nSPS) is 10.3. The largest absolute Gasteiger partial charge is 0.497 e. The fourth-order valence-corrected chi connectivity index (χ4v) is 2.67. The number of hydrogen-bond acceptors (Lipinski definition) is 6. The van der Waals surface area contributed by atoms with Crippen molar-refractivity contribution >= 4 is 23.4 Å². The van der Waals surface area contributed by atoms with Crippen LogP contribution in [0.4, 0.5) is 16.3 Å². The first-order valence-electron chi connectivity index (χ1n) is 9.47. The molecule has 2 aromatic rings.